The molecule has 2 N–H and O–H groups in total. The van der Waals surface area contributed by atoms with Crippen molar-refractivity contribution in [2.24, 2.45) is 5.92 Å². The second-order valence-electron chi connectivity index (χ2n) is 3.99. The van der Waals surface area contributed by atoms with Gasteiger partial charge in [0.2, 0.25) is 5.91 Å². The summed E-state index contributed by atoms with van der Waals surface area (Å²) in [6.45, 7) is 5.18. The fourth-order valence-corrected chi connectivity index (χ4v) is 1.40. The highest BCUT2D eigenvalue weighted by Crippen LogP contribution is 2.05. The van der Waals surface area contributed by atoms with Gasteiger partial charge in [0.05, 0.1) is 12.5 Å². The molecule has 0 aliphatic heterocycles. The first-order valence-corrected chi connectivity index (χ1v) is 6.19. The first-order valence-electron chi connectivity index (χ1n) is 6.19. The molecule has 1 atom stereocenters. The number of hydrogen-bond donors (Lipinski definition) is 2. The van der Waals surface area contributed by atoms with Gasteiger partial charge in [-0.3, -0.25) is 9.59 Å². The first kappa shape index (κ1) is 15.9. The Labute approximate surface area is 103 Å². The molecule has 0 aliphatic carbocycles. The lowest BCUT2D eigenvalue weighted by Crippen LogP contribution is -2.33. The van der Waals surface area contributed by atoms with Crippen LogP contribution in [0, 0.1) is 5.92 Å². The van der Waals surface area contributed by atoms with E-state index in [4.69, 9.17) is 9.84 Å². The quantitative estimate of drug-likeness (QED) is 0.571. The summed E-state index contributed by atoms with van der Waals surface area (Å²) in [7, 11) is 0. The maximum absolute atomic E-state index is 11.4. The Hall–Kier alpha value is -1.10. The Bertz CT molecular complexity index is 231. The Morgan fingerprint density at radius 2 is 1.94 bits per heavy atom. The first-order chi connectivity index (χ1) is 8.11. The van der Waals surface area contributed by atoms with Crippen LogP contribution in [0.25, 0.3) is 0 Å². The van der Waals surface area contributed by atoms with Gasteiger partial charge < -0.3 is 15.2 Å². The highest BCUT2D eigenvalue weighted by molar-refractivity contribution is 5.77. The average molecular weight is 245 g/mol. The summed E-state index contributed by atoms with van der Waals surface area (Å²) in [6.07, 6.45) is 2.60. The third kappa shape index (κ3) is 8.68. The molecule has 0 aliphatic rings. The smallest absolute Gasteiger partial charge is 0.308 e. The monoisotopic (exact) mass is 245 g/mol. The molecule has 0 aromatic rings. The van der Waals surface area contributed by atoms with Gasteiger partial charge in [-0.25, -0.2) is 0 Å². The number of carboxylic acids is 1. The largest absolute Gasteiger partial charge is 0.481 e. The molecule has 17 heavy (non-hydrogen) atoms. The van der Waals surface area contributed by atoms with Crippen molar-refractivity contribution < 1.29 is 19.4 Å². The molecular weight excluding hydrogens is 222 g/mol. The van der Waals surface area contributed by atoms with Crippen molar-refractivity contribution in [1.29, 1.82) is 0 Å². The highest BCUT2D eigenvalue weighted by atomic mass is 16.5. The number of carbonyl (C=O) groups excluding carboxylic acids is 1. The molecule has 0 saturated carbocycles. The summed E-state index contributed by atoms with van der Waals surface area (Å²) in [5.41, 5.74) is 0. The third-order valence-corrected chi connectivity index (χ3v) is 2.35. The maximum Gasteiger partial charge on any atom is 0.308 e. The number of carbonyl (C=O) groups is 2. The number of rotatable bonds is 10. The van der Waals surface area contributed by atoms with Crippen LogP contribution in [0.3, 0.4) is 0 Å². The van der Waals surface area contributed by atoms with E-state index in [9.17, 15) is 9.59 Å². The Kier molecular flexibility index (Phi) is 9.43. The predicted molar refractivity (Wildman–Crippen MR) is 64.8 cm³/mol. The molecule has 0 saturated heterocycles. The van der Waals surface area contributed by atoms with Gasteiger partial charge in [0, 0.05) is 19.6 Å². The summed E-state index contributed by atoms with van der Waals surface area (Å²) in [6, 6.07) is 0. The van der Waals surface area contributed by atoms with Crippen LogP contribution in [0.1, 0.15) is 39.5 Å². The van der Waals surface area contributed by atoms with Crippen LogP contribution < -0.4 is 5.32 Å². The standard InChI is InChI=1S/C12H23NO4/c1-3-5-10(12(15)16)9-13-11(14)6-8-17-7-4-2/h10H,3-9H2,1-2H3,(H,13,14)(H,15,16). The second-order valence-corrected chi connectivity index (χ2v) is 3.99. The van der Waals surface area contributed by atoms with E-state index in [-0.39, 0.29) is 12.5 Å². The molecule has 100 valence electrons. The predicted octanol–water partition coefficient (Wildman–Crippen LogP) is 1.42. The van der Waals surface area contributed by atoms with Crippen LogP contribution in [0.5, 0.6) is 0 Å². The van der Waals surface area contributed by atoms with Crippen LogP contribution in [0.4, 0.5) is 0 Å². The number of nitrogens with one attached hydrogen (secondary N) is 1. The van der Waals surface area contributed by atoms with Crippen LogP contribution in [-0.2, 0) is 14.3 Å². The summed E-state index contributed by atoms with van der Waals surface area (Å²) >= 11 is 0. The highest BCUT2D eigenvalue weighted by Gasteiger charge is 2.16. The lowest BCUT2D eigenvalue weighted by atomic mass is 10.0. The normalized spacial score (nSPS) is 12.1. The van der Waals surface area contributed by atoms with E-state index in [2.05, 4.69) is 5.32 Å². The van der Waals surface area contributed by atoms with Crippen molar-refractivity contribution in [3.63, 3.8) is 0 Å². The number of carboxylic acid groups (broad SMARTS) is 1. The van der Waals surface area contributed by atoms with Crippen molar-refractivity contribution >= 4 is 11.9 Å². The molecule has 0 rings (SSSR count). The molecule has 0 heterocycles. The van der Waals surface area contributed by atoms with Gasteiger partial charge in [0.1, 0.15) is 0 Å². The van der Waals surface area contributed by atoms with Gasteiger partial charge in [-0.05, 0) is 12.8 Å². The van der Waals surface area contributed by atoms with Gasteiger partial charge in [0.25, 0.3) is 0 Å². The summed E-state index contributed by atoms with van der Waals surface area (Å²) < 4.78 is 5.18. The van der Waals surface area contributed by atoms with E-state index in [0.29, 0.717) is 26.1 Å². The number of aliphatic carboxylic acids is 1. The average Bonchev–Trinajstić information content (AvgIpc) is 2.29. The van der Waals surface area contributed by atoms with Crippen LogP contribution in [0.15, 0.2) is 0 Å². The van der Waals surface area contributed by atoms with Gasteiger partial charge in [-0.15, -0.1) is 0 Å². The molecule has 1 amide bonds. The molecule has 0 aromatic heterocycles. The Balaban J connectivity index is 3.69. The van der Waals surface area contributed by atoms with Gasteiger partial charge in [-0.2, -0.15) is 0 Å². The fraction of sp³-hybridized carbons (Fsp3) is 0.833. The molecule has 1 unspecified atom stereocenters. The molecule has 5 heteroatoms. The second kappa shape index (κ2) is 10.1. The number of ether oxygens (including phenoxy) is 1. The van der Waals surface area contributed by atoms with Gasteiger partial charge in [-0.1, -0.05) is 20.3 Å². The van der Waals surface area contributed by atoms with Crippen LogP contribution in [-0.4, -0.2) is 36.7 Å². The van der Waals surface area contributed by atoms with E-state index in [1.165, 1.54) is 0 Å². The minimum absolute atomic E-state index is 0.150. The van der Waals surface area contributed by atoms with E-state index >= 15 is 0 Å². The maximum atomic E-state index is 11.4. The summed E-state index contributed by atoms with van der Waals surface area (Å²) in [5, 5.41) is 11.5. The molecule has 0 fully saturated rings. The van der Waals surface area contributed by atoms with E-state index in [1.54, 1.807) is 0 Å². The topological polar surface area (TPSA) is 75.6 Å². The zero-order valence-electron chi connectivity index (χ0n) is 10.7. The Morgan fingerprint density at radius 1 is 1.24 bits per heavy atom. The van der Waals surface area contributed by atoms with Crippen molar-refractivity contribution in [1.82, 2.24) is 5.32 Å². The Morgan fingerprint density at radius 3 is 2.47 bits per heavy atom. The van der Waals surface area contributed by atoms with Crippen LogP contribution in [0.2, 0.25) is 0 Å². The van der Waals surface area contributed by atoms with Crippen molar-refractivity contribution in [3.05, 3.63) is 0 Å². The minimum Gasteiger partial charge on any atom is -0.481 e. The van der Waals surface area contributed by atoms with Crippen molar-refractivity contribution in [2.75, 3.05) is 19.8 Å². The molecular formula is C12H23NO4. The van der Waals surface area contributed by atoms with E-state index < -0.39 is 11.9 Å². The van der Waals surface area contributed by atoms with Crippen molar-refractivity contribution in [3.8, 4) is 0 Å². The fourth-order valence-electron chi connectivity index (χ4n) is 1.40. The zero-order valence-corrected chi connectivity index (χ0v) is 10.7. The van der Waals surface area contributed by atoms with E-state index in [1.807, 2.05) is 13.8 Å². The molecule has 0 aromatic carbocycles. The molecule has 5 nitrogen and oxygen atoms in total. The minimum atomic E-state index is -0.852. The van der Waals surface area contributed by atoms with Crippen molar-refractivity contribution in [2.45, 2.75) is 39.5 Å². The number of amides is 1. The SMILES string of the molecule is CCCOCCC(=O)NCC(CCC)C(=O)O. The molecule has 0 radical (unpaired) electrons. The summed E-state index contributed by atoms with van der Waals surface area (Å²) in [5.74, 6) is -1.49. The molecule has 0 bridgehead atoms. The van der Waals surface area contributed by atoms with Crippen LogP contribution >= 0.6 is 0 Å². The van der Waals surface area contributed by atoms with E-state index in [0.717, 1.165) is 12.8 Å². The third-order valence-electron chi connectivity index (χ3n) is 2.35. The lowest BCUT2D eigenvalue weighted by molar-refractivity contribution is -0.141. The van der Waals surface area contributed by atoms with Gasteiger partial charge >= 0.3 is 5.97 Å². The summed E-state index contributed by atoms with van der Waals surface area (Å²) in [4.78, 5) is 22.2. The molecule has 0 spiro atoms. The lowest BCUT2D eigenvalue weighted by Gasteiger charge is -2.12. The zero-order chi connectivity index (χ0) is 13.1. The number of hydrogen-bond acceptors (Lipinski definition) is 3. The van der Waals surface area contributed by atoms with Gasteiger partial charge in [0.15, 0.2) is 0 Å².